The van der Waals surface area contributed by atoms with Crippen LogP contribution in [0.2, 0.25) is 0 Å². The SMILES string of the molecule is C=CCNC(=NC)NCCN1CCSCC1.I. The van der Waals surface area contributed by atoms with Crippen LogP contribution in [0.15, 0.2) is 17.6 Å². The number of thioether (sulfide) groups is 1. The summed E-state index contributed by atoms with van der Waals surface area (Å²) in [6, 6.07) is 0. The van der Waals surface area contributed by atoms with Crippen LogP contribution in [0.25, 0.3) is 0 Å². The van der Waals surface area contributed by atoms with Gasteiger partial charge >= 0.3 is 0 Å². The normalized spacial score (nSPS) is 17.1. The van der Waals surface area contributed by atoms with E-state index in [-0.39, 0.29) is 24.0 Å². The van der Waals surface area contributed by atoms with Gasteiger partial charge in [0.15, 0.2) is 5.96 Å². The van der Waals surface area contributed by atoms with E-state index in [1.54, 1.807) is 7.05 Å². The molecule has 0 aromatic heterocycles. The van der Waals surface area contributed by atoms with Gasteiger partial charge in [0.05, 0.1) is 0 Å². The first-order valence-electron chi connectivity index (χ1n) is 5.72. The number of rotatable bonds is 5. The fraction of sp³-hybridized carbons (Fsp3) is 0.727. The van der Waals surface area contributed by atoms with Crippen LogP contribution in [0.1, 0.15) is 0 Å². The molecule has 17 heavy (non-hydrogen) atoms. The Bertz CT molecular complexity index is 230. The molecule has 1 fully saturated rings. The molecule has 0 atom stereocenters. The third kappa shape index (κ3) is 7.88. The van der Waals surface area contributed by atoms with E-state index in [4.69, 9.17) is 0 Å². The van der Waals surface area contributed by atoms with Crippen LogP contribution in [0.4, 0.5) is 0 Å². The molecule has 2 N–H and O–H groups in total. The van der Waals surface area contributed by atoms with Crippen molar-refractivity contribution in [1.29, 1.82) is 0 Å². The fourth-order valence-corrected chi connectivity index (χ4v) is 2.53. The van der Waals surface area contributed by atoms with E-state index in [0.29, 0.717) is 0 Å². The first-order chi connectivity index (χ1) is 7.86. The molecule has 1 saturated heterocycles. The number of nitrogens with zero attached hydrogens (tertiary/aromatic N) is 2. The minimum atomic E-state index is 0. The minimum absolute atomic E-state index is 0. The number of hydrogen-bond donors (Lipinski definition) is 2. The van der Waals surface area contributed by atoms with E-state index in [1.807, 2.05) is 17.8 Å². The van der Waals surface area contributed by atoms with Crippen molar-refractivity contribution in [3.05, 3.63) is 12.7 Å². The van der Waals surface area contributed by atoms with E-state index >= 15 is 0 Å². The van der Waals surface area contributed by atoms with Crippen LogP contribution in [0.5, 0.6) is 0 Å². The number of nitrogens with one attached hydrogen (secondary N) is 2. The summed E-state index contributed by atoms with van der Waals surface area (Å²) in [5.41, 5.74) is 0. The van der Waals surface area contributed by atoms with Crippen LogP contribution in [-0.2, 0) is 0 Å². The molecule has 1 rings (SSSR count). The lowest BCUT2D eigenvalue weighted by Crippen LogP contribution is -2.43. The van der Waals surface area contributed by atoms with Gasteiger partial charge in [-0.05, 0) is 0 Å². The molecule has 1 aliphatic heterocycles. The zero-order chi connectivity index (χ0) is 11.6. The Morgan fingerprint density at radius 1 is 1.41 bits per heavy atom. The van der Waals surface area contributed by atoms with Gasteiger partial charge in [0.1, 0.15) is 0 Å². The monoisotopic (exact) mass is 370 g/mol. The first-order valence-corrected chi connectivity index (χ1v) is 6.88. The maximum absolute atomic E-state index is 4.13. The minimum Gasteiger partial charge on any atom is -0.355 e. The Hall–Kier alpha value is 0.0500. The van der Waals surface area contributed by atoms with Crippen molar-refractivity contribution < 1.29 is 0 Å². The van der Waals surface area contributed by atoms with Crippen molar-refractivity contribution in [3.8, 4) is 0 Å². The number of aliphatic imine (C=N–C) groups is 1. The molecule has 4 nitrogen and oxygen atoms in total. The van der Waals surface area contributed by atoms with Crippen LogP contribution in [-0.4, -0.2) is 62.1 Å². The lowest BCUT2D eigenvalue weighted by atomic mass is 10.4. The molecule has 0 saturated carbocycles. The molecule has 0 amide bonds. The topological polar surface area (TPSA) is 39.7 Å². The average molecular weight is 370 g/mol. The standard InChI is InChI=1S/C11H22N4S.HI/c1-3-4-13-11(12-2)14-5-6-15-7-9-16-10-8-15;/h3H,1,4-10H2,2H3,(H2,12,13,14);1H. The molecule has 1 aliphatic rings. The molecule has 0 spiro atoms. The van der Waals surface area contributed by atoms with E-state index < -0.39 is 0 Å². The fourth-order valence-electron chi connectivity index (χ4n) is 1.55. The number of guanidine groups is 1. The van der Waals surface area contributed by atoms with Gasteiger partial charge in [0.25, 0.3) is 0 Å². The summed E-state index contributed by atoms with van der Waals surface area (Å²) in [4.78, 5) is 6.62. The van der Waals surface area contributed by atoms with E-state index in [0.717, 1.165) is 25.6 Å². The third-order valence-corrected chi connectivity index (χ3v) is 3.40. The summed E-state index contributed by atoms with van der Waals surface area (Å²) in [5, 5.41) is 6.45. The predicted octanol–water partition coefficient (Wildman–Crippen LogP) is 1.00. The first kappa shape index (κ1) is 17.1. The molecular weight excluding hydrogens is 347 g/mol. The summed E-state index contributed by atoms with van der Waals surface area (Å²) < 4.78 is 0. The Labute approximate surface area is 126 Å². The molecule has 100 valence electrons. The number of hydrogen-bond acceptors (Lipinski definition) is 3. The van der Waals surface area contributed by atoms with Gasteiger partial charge in [-0.3, -0.25) is 9.89 Å². The maximum Gasteiger partial charge on any atom is 0.191 e. The molecule has 6 heteroatoms. The van der Waals surface area contributed by atoms with E-state index in [2.05, 4.69) is 27.1 Å². The molecular formula is C11H23IN4S. The highest BCUT2D eigenvalue weighted by Crippen LogP contribution is 2.07. The largest absolute Gasteiger partial charge is 0.355 e. The molecule has 0 aromatic carbocycles. The van der Waals surface area contributed by atoms with Crippen LogP contribution >= 0.6 is 35.7 Å². The average Bonchev–Trinajstić information content (AvgIpc) is 2.35. The molecule has 0 radical (unpaired) electrons. The van der Waals surface area contributed by atoms with Crippen molar-refractivity contribution in [2.45, 2.75) is 0 Å². The molecule has 0 bridgehead atoms. The quantitative estimate of drug-likeness (QED) is 0.328. The van der Waals surface area contributed by atoms with Crippen LogP contribution < -0.4 is 10.6 Å². The highest BCUT2D eigenvalue weighted by molar-refractivity contribution is 14.0. The lowest BCUT2D eigenvalue weighted by molar-refractivity contribution is 0.307. The lowest BCUT2D eigenvalue weighted by Gasteiger charge is -2.26. The highest BCUT2D eigenvalue weighted by Gasteiger charge is 2.09. The Kier molecular flexibility index (Phi) is 11.2. The second-order valence-corrected chi connectivity index (χ2v) is 4.85. The summed E-state index contributed by atoms with van der Waals surface area (Å²) in [5.74, 6) is 3.39. The summed E-state index contributed by atoms with van der Waals surface area (Å²) >= 11 is 2.04. The van der Waals surface area contributed by atoms with Crippen molar-refractivity contribution in [3.63, 3.8) is 0 Å². The van der Waals surface area contributed by atoms with Gasteiger partial charge in [-0.1, -0.05) is 6.08 Å². The number of halogens is 1. The van der Waals surface area contributed by atoms with Gasteiger partial charge in [-0.25, -0.2) is 0 Å². The second kappa shape index (κ2) is 11.2. The zero-order valence-corrected chi connectivity index (χ0v) is 13.6. The van der Waals surface area contributed by atoms with Gasteiger partial charge in [-0.2, -0.15) is 11.8 Å². The molecule has 0 aromatic rings. The van der Waals surface area contributed by atoms with Crippen LogP contribution in [0.3, 0.4) is 0 Å². The summed E-state index contributed by atoms with van der Waals surface area (Å²) in [6.45, 7) is 8.88. The Morgan fingerprint density at radius 2 is 2.12 bits per heavy atom. The summed E-state index contributed by atoms with van der Waals surface area (Å²) in [7, 11) is 1.79. The Balaban J connectivity index is 0.00000256. The van der Waals surface area contributed by atoms with Gasteiger partial charge < -0.3 is 10.6 Å². The van der Waals surface area contributed by atoms with Crippen molar-refractivity contribution >= 4 is 41.7 Å². The van der Waals surface area contributed by atoms with E-state index in [1.165, 1.54) is 24.6 Å². The van der Waals surface area contributed by atoms with Gasteiger partial charge in [-0.15, -0.1) is 30.6 Å². The third-order valence-electron chi connectivity index (χ3n) is 2.46. The zero-order valence-electron chi connectivity index (χ0n) is 10.4. The van der Waals surface area contributed by atoms with Gasteiger partial charge in [0, 0.05) is 51.3 Å². The van der Waals surface area contributed by atoms with Gasteiger partial charge in [0.2, 0.25) is 0 Å². The van der Waals surface area contributed by atoms with Crippen LogP contribution in [0, 0.1) is 0 Å². The van der Waals surface area contributed by atoms with E-state index in [9.17, 15) is 0 Å². The summed E-state index contributed by atoms with van der Waals surface area (Å²) in [6.07, 6.45) is 1.83. The molecule has 0 aliphatic carbocycles. The predicted molar refractivity (Wildman–Crippen MR) is 88.7 cm³/mol. The smallest absolute Gasteiger partial charge is 0.191 e. The molecule has 0 unspecified atom stereocenters. The highest BCUT2D eigenvalue weighted by atomic mass is 127. The maximum atomic E-state index is 4.13. The Morgan fingerprint density at radius 3 is 2.71 bits per heavy atom. The van der Waals surface area contributed by atoms with Crippen molar-refractivity contribution in [2.75, 3.05) is 51.3 Å². The molecule has 1 heterocycles. The van der Waals surface area contributed by atoms with Crippen molar-refractivity contribution in [2.24, 2.45) is 4.99 Å². The second-order valence-electron chi connectivity index (χ2n) is 3.62. The van der Waals surface area contributed by atoms with Crippen molar-refractivity contribution in [1.82, 2.24) is 15.5 Å².